The van der Waals surface area contributed by atoms with Gasteiger partial charge in [-0.2, -0.15) is 0 Å². The number of benzene rings is 1. The minimum absolute atomic E-state index is 0.677. The molecule has 2 rings (SSSR count). The summed E-state index contributed by atoms with van der Waals surface area (Å²) < 4.78 is 0. The van der Waals surface area contributed by atoms with Crippen molar-refractivity contribution in [2.45, 2.75) is 6.42 Å². The predicted octanol–water partition coefficient (Wildman–Crippen LogP) is 1.38. The first-order valence-corrected chi connectivity index (χ1v) is 4.27. The van der Waals surface area contributed by atoms with Gasteiger partial charge in [0.2, 0.25) is 0 Å². The number of nitrogens with two attached hydrogens (primary N) is 2. The molecule has 4 N–H and O–H groups in total. The topological polar surface area (TPSA) is 52.0 Å². The second-order valence-corrected chi connectivity index (χ2v) is 3.17. The molecule has 1 aromatic rings. The number of rotatable bonds is 1. The molecule has 0 saturated carbocycles. The highest BCUT2D eigenvalue weighted by Gasteiger charge is 2.12. The van der Waals surface area contributed by atoms with Gasteiger partial charge in [-0.25, -0.2) is 0 Å². The molecule has 0 aromatic heterocycles. The first-order chi connectivity index (χ1) is 6.31. The van der Waals surface area contributed by atoms with Crippen molar-refractivity contribution in [1.82, 2.24) is 0 Å². The fraction of sp³-hybridized carbons (Fsp3) is 0.0909. The molecule has 13 heavy (non-hydrogen) atoms. The van der Waals surface area contributed by atoms with E-state index in [0.29, 0.717) is 5.70 Å². The third-order valence-electron chi connectivity index (χ3n) is 2.32. The SMILES string of the molecule is N/C=C(\N)C1=Cc2ccccc2C1. The Kier molecular flexibility index (Phi) is 1.81. The summed E-state index contributed by atoms with van der Waals surface area (Å²) in [7, 11) is 0. The normalized spacial score (nSPS) is 15.4. The van der Waals surface area contributed by atoms with E-state index in [1.54, 1.807) is 0 Å². The van der Waals surface area contributed by atoms with Crippen molar-refractivity contribution < 1.29 is 0 Å². The van der Waals surface area contributed by atoms with E-state index in [0.717, 1.165) is 12.0 Å². The van der Waals surface area contributed by atoms with Crippen molar-refractivity contribution in [3.05, 3.63) is 52.9 Å². The highest BCUT2D eigenvalue weighted by Crippen LogP contribution is 2.26. The Labute approximate surface area is 77.6 Å². The van der Waals surface area contributed by atoms with Gasteiger partial charge in [0.1, 0.15) is 0 Å². The summed E-state index contributed by atoms with van der Waals surface area (Å²) in [5.41, 5.74) is 15.4. The molecule has 0 saturated heterocycles. The lowest BCUT2D eigenvalue weighted by atomic mass is 10.1. The van der Waals surface area contributed by atoms with Crippen LogP contribution in [0.4, 0.5) is 0 Å². The molecule has 0 aliphatic heterocycles. The van der Waals surface area contributed by atoms with Gasteiger partial charge in [0.25, 0.3) is 0 Å². The zero-order valence-electron chi connectivity index (χ0n) is 7.33. The molecule has 0 bridgehead atoms. The van der Waals surface area contributed by atoms with E-state index >= 15 is 0 Å². The van der Waals surface area contributed by atoms with E-state index in [4.69, 9.17) is 11.5 Å². The second kappa shape index (κ2) is 2.98. The van der Waals surface area contributed by atoms with E-state index < -0.39 is 0 Å². The Morgan fingerprint density at radius 3 is 2.77 bits per heavy atom. The van der Waals surface area contributed by atoms with Gasteiger partial charge >= 0.3 is 0 Å². The van der Waals surface area contributed by atoms with Gasteiger partial charge < -0.3 is 11.5 Å². The third kappa shape index (κ3) is 1.31. The highest BCUT2D eigenvalue weighted by atomic mass is 14.6. The summed E-state index contributed by atoms with van der Waals surface area (Å²) in [5, 5.41) is 0. The zero-order chi connectivity index (χ0) is 9.26. The van der Waals surface area contributed by atoms with Crippen LogP contribution in [0.5, 0.6) is 0 Å². The monoisotopic (exact) mass is 172 g/mol. The van der Waals surface area contributed by atoms with Gasteiger partial charge in [0.15, 0.2) is 0 Å². The fourth-order valence-electron chi connectivity index (χ4n) is 1.57. The van der Waals surface area contributed by atoms with Crippen molar-refractivity contribution in [1.29, 1.82) is 0 Å². The minimum atomic E-state index is 0.677. The smallest absolute Gasteiger partial charge is 0.0507 e. The van der Waals surface area contributed by atoms with E-state index in [2.05, 4.69) is 18.2 Å². The van der Waals surface area contributed by atoms with Crippen LogP contribution in [0.15, 0.2) is 41.7 Å². The third-order valence-corrected chi connectivity index (χ3v) is 2.32. The van der Waals surface area contributed by atoms with Gasteiger partial charge in [0, 0.05) is 12.6 Å². The molecule has 0 fully saturated rings. The average Bonchev–Trinajstić information content (AvgIpc) is 2.59. The van der Waals surface area contributed by atoms with Crippen LogP contribution in [0.3, 0.4) is 0 Å². The van der Waals surface area contributed by atoms with Gasteiger partial charge in [-0.15, -0.1) is 0 Å². The number of hydrogen-bond acceptors (Lipinski definition) is 2. The van der Waals surface area contributed by atoms with Crippen molar-refractivity contribution in [3.63, 3.8) is 0 Å². The molecule has 0 radical (unpaired) electrons. The number of fused-ring (bicyclic) bond motifs is 1. The Balaban J connectivity index is 2.36. The summed E-state index contributed by atoms with van der Waals surface area (Å²) in [6.45, 7) is 0. The Morgan fingerprint density at radius 2 is 2.08 bits per heavy atom. The van der Waals surface area contributed by atoms with E-state index in [9.17, 15) is 0 Å². The van der Waals surface area contributed by atoms with Gasteiger partial charge in [0.05, 0.1) is 5.70 Å². The lowest BCUT2D eigenvalue weighted by molar-refractivity contribution is 1.16. The minimum Gasteiger partial charge on any atom is -0.403 e. The van der Waals surface area contributed by atoms with Crippen LogP contribution in [-0.2, 0) is 6.42 Å². The molecule has 0 unspecified atom stereocenters. The molecule has 66 valence electrons. The molecule has 0 heterocycles. The number of hydrogen-bond donors (Lipinski definition) is 2. The molecule has 2 heteroatoms. The molecule has 0 atom stereocenters. The van der Waals surface area contributed by atoms with Crippen molar-refractivity contribution in [2.24, 2.45) is 11.5 Å². The quantitative estimate of drug-likeness (QED) is 0.672. The summed E-state index contributed by atoms with van der Waals surface area (Å²) in [6.07, 6.45) is 4.45. The van der Waals surface area contributed by atoms with Crippen LogP contribution in [0, 0.1) is 0 Å². The van der Waals surface area contributed by atoms with Gasteiger partial charge in [-0.3, -0.25) is 0 Å². The van der Waals surface area contributed by atoms with Crippen molar-refractivity contribution >= 4 is 6.08 Å². The molecular weight excluding hydrogens is 160 g/mol. The van der Waals surface area contributed by atoms with E-state index in [1.165, 1.54) is 17.3 Å². The zero-order valence-corrected chi connectivity index (χ0v) is 7.33. The summed E-state index contributed by atoms with van der Waals surface area (Å²) >= 11 is 0. The summed E-state index contributed by atoms with van der Waals surface area (Å²) in [6, 6.07) is 8.27. The fourth-order valence-corrected chi connectivity index (χ4v) is 1.57. The Morgan fingerprint density at radius 1 is 1.31 bits per heavy atom. The van der Waals surface area contributed by atoms with Crippen molar-refractivity contribution in [2.75, 3.05) is 0 Å². The lowest BCUT2D eigenvalue weighted by Gasteiger charge is -1.99. The van der Waals surface area contributed by atoms with E-state index in [-0.39, 0.29) is 0 Å². The maximum atomic E-state index is 5.73. The molecule has 0 amide bonds. The van der Waals surface area contributed by atoms with Gasteiger partial charge in [-0.1, -0.05) is 24.3 Å². The number of allylic oxidation sites excluding steroid dienone is 1. The van der Waals surface area contributed by atoms with Gasteiger partial charge in [-0.05, 0) is 22.8 Å². The van der Waals surface area contributed by atoms with Crippen LogP contribution < -0.4 is 11.5 Å². The lowest BCUT2D eigenvalue weighted by Crippen LogP contribution is -2.03. The molecule has 1 aliphatic carbocycles. The molecule has 1 aliphatic rings. The van der Waals surface area contributed by atoms with Crippen LogP contribution in [0.25, 0.3) is 6.08 Å². The van der Waals surface area contributed by atoms with E-state index in [1.807, 2.05) is 12.1 Å². The standard InChI is InChI=1S/C11H12N2/c12-7-11(13)10-5-8-3-1-2-4-9(8)6-10/h1-5,7H,6,12-13H2/b11-7-. The van der Waals surface area contributed by atoms with Crippen LogP contribution >= 0.6 is 0 Å². The van der Waals surface area contributed by atoms with Crippen LogP contribution in [-0.4, -0.2) is 0 Å². The summed E-state index contributed by atoms with van der Waals surface area (Å²) in [4.78, 5) is 0. The maximum absolute atomic E-state index is 5.73. The first-order valence-electron chi connectivity index (χ1n) is 4.27. The van der Waals surface area contributed by atoms with Crippen molar-refractivity contribution in [3.8, 4) is 0 Å². The average molecular weight is 172 g/mol. The molecule has 1 aromatic carbocycles. The molecule has 0 spiro atoms. The summed E-state index contributed by atoms with van der Waals surface area (Å²) in [5.74, 6) is 0. The molecular formula is C11H12N2. The maximum Gasteiger partial charge on any atom is 0.0507 e. The second-order valence-electron chi connectivity index (χ2n) is 3.17. The first kappa shape index (κ1) is 7.92. The largest absolute Gasteiger partial charge is 0.403 e. The highest BCUT2D eigenvalue weighted by molar-refractivity contribution is 5.67. The van der Waals surface area contributed by atoms with Crippen LogP contribution in [0.1, 0.15) is 11.1 Å². The molecule has 2 nitrogen and oxygen atoms in total. The Bertz CT molecular complexity index is 389. The van der Waals surface area contributed by atoms with Crippen LogP contribution in [0.2, 0.25) is 0 Å². The predicted molar refractivity (Wildman–Crippen MR) is 54.6 cm³/mol. The Hall–Kier alpha value is -1.70.